The van der Waals surface area contributed by atoms with Gasteiger partial charge in [-0.25, -0.2) is 19.6 Å². The fourth-order valence-electron chi connectivity index (χ4n) is 12.0. The van der Waals surface area contributed by atoms with Crippen LogP contribution in [0.2, 0.25) is 0 Å². The van der Waals surface area contributed by atoms with E-state index in [0.717, 1.165) is 104 Å². The Bertz CT molecular complexity index is 3100. The molecule has 350 valence electrons. The minimum absolute atomic E-state index is 0.0621. The molecular weight excluding hydrogens is 857 g/mol. The first-order valence-electron chi connectivity index (χ1n) is 24.3. The molecule has 7 aromatic rings. The maximum atomic E-state index is 14.8. The largest absolute Gasteiger partial charge is 0.453 e. The van der Waals surface area contributed by atoms with Crippen LogP contribution in [-0.2, 0) is 19.1 Å². The third-order valence-electron chi connectivity index (χ3n) is 15.5. The Balaban J connectivity index is 0.858. The molecule has 0 radical (unpaired) electrons. The van der Waals surface area contributed by atoms with Crippen molar-refractivity contribution in [3.8, 4) is 11.1 Å². The Kier molecular flexibility index (Phi) is 11.3. The highest BCUT2D eigenvalue weighted by Crippen LogP contribution is 2.51. The van der Waals surface area contributed by atoms with Crippen molar-refractivity contribution in [2.24, 2.45) is 11.8 Å². The summed E-state index contributed by atoms with van der Waals surface area (Å²) in [4.78, 5) is 74.8. The third kappa shape index (κ3) is 7.67. The van der Waals surface area contributed by atoms with E-state index in [4.69, 9.17) is 19.4 Å². The van der Waals surface area contributed by atoms with Crippen molar-refractivity contribution >= 4 is 67.6 Å². The number of amides is 4. The van der Waals surface area contributed by atoms with E-state index >= 15 is 0 Å². The number of alkyl carbamates (subject to hydrolysis) is 2. The minimum Gasteiger partial charge on any atom is -0.453 e. The van der Waals surface area contributed by atoms with Gasteiger partial charge in [0.25, 0.3) is 5.91 Å². The highest BCUT2D eigenvalue weighted by Gasteiger charge is 2.51. The van der Waals surface area contributed by atoms with Crippen molar-refractivity contribution in [3.63, 3.8) is 0 Å². The van der Waals surface area contributed by atoms with Crippen LogP contribution >= 0.6 is 0 Å². The summed E-state index contributed by atoms with van der Waals surface area (Å²) in [5.41, 5.74) is 7.72. The molecule has 2 aliphatic heterocycles. The zero-order chi connectivity index (χ0) is 46.8. The Morgan fingerprint density at radius 3 is 1.93 bits per heavy atom. The van der Waals surface area contributed by atoms with Crippen LogP contribution in [0.15, 0.2) is 84.9 Å². The first kappa shape index (κ1) is 43.6. The number of hydrogen-bond donors (Lipinski definition) is 4. The first-order chi connectivity index (χ1) is 33.1. The summed E-state index contributed by atoms with van der Waals surface area (Å²) in [5, 5.41) is 9.76. The van der Waals surface area contributed by atoms with Crippen LogP contribution in [0.4, 0.5) is 9.59 Å². The lowest BCUT2D eigenvalue weighted by atomic mass is 9.94. The Hall–Kier alpha value is -6.96. The molecule has 4 aliphatic rings. The van der Waals surface area contributed by atoms with E-state index in [-0.39, 0.29) is 41.8 Å². The van der Waals surface area contributed by atoms with Crippen molar-refractivity contribution in [1.29, 1.82) is 0 Å². The molecule has 5 aromatic carbocycles. The predicted octanol–water partition coefficient (Wildman–Crippen LogP) is 10.3. The van der Waals surface area contributed by atoms with Crippen LogP contribution < -0.4 is 10.6 Å². The maximum Gasteiger partial charge on any atom is 0.407 e. The highest BCUT2D eigenvalue weighted by atomic mass is 16.5. The maximum absolute atomic E-state index is 14.8. The van der Waals surface area contributed by atoms with Gasteiger partial charge in [0.1, 0.15) is 23.7 Å². The van der Waals surface area contributed by atoms with Gasteiger partial charge in [0.2, 0.25) is 5.91 Å². The van der Waals surface area contributed by atoms with Gasteiger partial charge < -0.3 is 39.9 Å². The number of aromatic amines is 2. The van der Waals surface area contributed by atoms with Gasteiger partial charge >= 0.3 is 12.2 Å². The van der Waals surface area contributed by atoms with Gasteiger partial charge in [-0.1, -0.05) is 87.4 Å². The standard InChI is InChI=1S/C54H58N8O6/c1-29(2)44(59-53(65)67-3)51(63)61-25-7-10-43(61)49-55-41-23-18-35-26-33(16-21-39(35)46(41)57-49)34-17-22-40-36(27-34)19-24-42-47(40)58-50(56-42)48-37-15-20-38(28-37)62(48)52(64)45(60-54(66)68-4)32-13-11-31(12-14-32)30-8-5-6-9-30/h11-14,16-19,21-24,26-27,29-30,37-38,43-45,48H,5-10,15,20,25,28H2,1-4H3,(H,55,57)(H,56,58)(H,59,65)(H,60,66)/t37-,38+,43-,44-,45+,48-/m0/s1. The smallest absolute Gasteiger partial charge is 0.407 e. The van der Waals surface area contributed by atoms with Crippen LogP contribution in [0.3, 0.4) is 0 Å². The number of piperidine rings is 1. The molecule has 2 aromatic heterocycles. The Labute approximate surface area is 394 Å². The van der Waals surface area contributed by atoms with Crippen LogP contribution in [-0.4, -0.2) is 86.6 Å². The van der Waals surface area contributed by atoms with E-state index < -0.39 is 24.3 Å². The highest BCUT2D eigenvalue weighted by molar-refractivity contribution is 6.07. The molecular formula is C54H58N8O6. The van der Waals surface area contributed by atoms with Crippen LogP contribution in [0.5, 0.6) is 0 Å². The number of benzene rings is 5. The SMILES string of the molecule is COC(=O)N[C@H](C(=O)N1CCC[C@H]1c1nc2c(ccc3cc(-c4ccc5c(ccc6[nH]c([C@@H]7[C@H]8CC[C@H](C8)N7C(=O)[C@H](NC(=O)OC)c7ccc(C8CCCC8)cc7)nc65)c4)ccc32)[nH]1)C(C)C. The fourth-order valence-corrected chi connectivity index (χ4v) is 12.0. The molecule has 68 heavy (non-hydrogen) atoms. The number of nitrogens with zero attached hydrogens (tertiary/aromatic N) is 4. The lowest BCUT2D eigenvalue weighted by molar-refractivity contribution is -0.138. The number of fused-ring (bicyclic) bond motifs is 8. The number of carbonyl (C=O) groups is 4. The molecule has 2 bridgehead atoms. The summed E-state index contributed by atoms with van der Waals surface area (Å²) in [6.45, 7) is 4.41. The molecule has 2 saturated heterocycles. The van der Waals surface area contributed by atoms with Gasteiger partial charge in [-0.15, -0.1) is 0 Å². The number of hydrogen-bond acceptors (Lipinski definition) is 8. The van der Waals surface area contributed by atoms with Crippen molar-refractivity contribution in [2.75, 3.05) is 20.8 Å². The predicted molar refractivity (Wildman–Crippen MR) is 261 cm³/mol. The van der Waals surface area contributed by atoms with Crippen LogP contribution in [0.1, 0.15) is 118 Å². The molecule has 4 amide bonds. The second-order valence-electron chi connectivity index (χ2n) is 19.7. The molecule has 14 nitrogen and oxygen atoms in total. The third-order valence-corrected chi connectivity index (χ3v) is 15.5. The summed E-state index contributed by atoms with van der Waals surface area (Å²) in [6.07, 6.45) is 8.05. The molecule has 11 rings (SSSR count). The van der Waals surface area contributed by atoms with E-state index in [0.29, 0.717) is 12.5 Å². The summed E-state index contributed by atoms with van der Waals surface area (Å²) in [6, 6.07) is 27.5. The number of rotatable bonds is 10. The molecule has 4 N–H and O–H groups in total. The molecule has 2 aliphatic carbocycles. The van der Waals surface area contributed by atoms with E-state index in [2.05, 4.69) is 93.4 Å². The van der Waals surface area contributed by atoms with Gasteiger partial charge in [-0.2, -0.15) is 0 Å². The van der Waals surface area contributed by atoms with Gasteiger partial charge in [0, 0.05) is 23.4 Å². The second-order valence-corrected chi connectivity index (χ2v) is 19.7. The average Bonchev–Trinajstić information content (AvgIpc) is 4.24. The topological polar surface area (TPSA) is 175 Å². The molecule has 0 spiro atoms. The van der Waals surface area contributed by atoms with Crippen molar-refractivity contribution in [3.05, 3.63) is 108 Å². The van der Waals surface area contributed by atoms with E-state index in [1.807, 2.05) is 35.8 Å². The number of carbonyl (C=O) groups excluding carboxylic acids is 4. The number of nitrogens with one attached hydrogen (secondary N) is 4. The summed E-state index contributed by atoms with van der Waals surface area (Å²) >= 11 is 0. The normalized spacial score (nSPS) is 21.4. The Morgan fingerprint density at radius 2 is 1.29 bits per heavy atom. The minimum atomic E-state index is -0.884. The van der Waals surface area contributed by atoms with Gasteiger partial charge in [-0.05, 0) is 120 Å². The number of imidazole rings is 2. The van der Waals surface area contributed by atoms with E-state index in [9.17, 15) is 19.2 Å². The van der Waals surface area contributed by atoms with Crippen LogP contribution in [0, 0.1) is 11.8 Å². The lowest BCUT2D eigenvalue weighted by Gasteiger charge is -2.36. The summed E-state index contributed by atoms with van der Waals surface area (Å²) in [5.74, 6) is 1.92. The number of ether oxygens (including phenoxy) is 2. The zero-order valence-electron chi connectivity index (χ0n) is 39.0. The first-order valence-corrected chi connectivity index (χ1v) is 24.3. The van der Waals surface area contributed by atoms with Crippen molar-refractivity contribution in [2.45, 2.75) is 108 Å². The summed E-state index contributed by atoms with van der Waals surface area (Å²) in [7, 11) is 2.63. The van der Waals surface area contributed by atoms with Gasteiger partial charge in [0.15, 0.2) is 0 Å². The molecule has 6 atom stereocenters. The number of methoxy groups -OCH3 is 2. The van der Waals surface area contributed by atoms with Crippen molar-refractivity contribution in [1.82, 2.24) is 40.4 Å². The van der Waals surface area contributed by atoms with E-state index in [1.165, 1.54) is 45.5 Å². The molecule has 4 fully saturated rings. The summed E-state index contributed by atoms with van der Waals surface area (Å²) < 4.78 is 9.84. The molecule has 0 unspecified atom stereocenters. The Morgan fingerprint density at radius 1 is 0.676 bits per heavy atom. The van der Waals surface area contributed by atoms with Gasteiger partial charge in [-0.3, -0.25) is 9.59 Å². The number of H-pyrrole nitrogens is 2. The molecule has 2 saturated carbocycles. The fraction of sp³-hybridized carbons (Fsp3) is 0.407. The van der Waals surface area contributed by atoms with Gasteiger partial charge in [0.05, 0.1) is 48.4 Å². The van der Waals surface area contributed by atoms with Crippen LogP contribution in [0.25, 0.3) is 54.7 Å². The molecule has 4 heterocycles. The monoisotopic (exact) mass is 914 g/mol. The quantitative estimate of drug-likeness (QED) is 0.105. The average molecular weight is 915 g/mol. The molecule has 14 heteroatoms. The number of likely N-dealkylation sites (tertiary alicyclic amines) is 2. The zero-order valence-corrected chi connectivity index (χ0v) is 39.0. The lowest BCUT2D eigenvalue weighted by Crippen LogP contribution is -2.51. The number of aromatic nitrogens is 4. The van der Waals surface area contributed by atoms with E-state index in [1.54, 1.807) is 0 Å². The van der Waals surface area contributed by atoms with Crippen molar-refractivity contribution < 1.29 is 28.7 Å². The second kappa shape index (κ2) is 17.6.